The van der Waals surface area contributed by atoms with E-state index in [0.717, 1.165) is 54.9 Å². The number of nitrogens with zero attached hydrogens (tertiary/aromatic N) is 6. The van der Waals surface area contributed by atoms with Gasteiger partial charge in [-0.25, -0.2) is 18.4 Å². The molecule has 1 aromatic heterocycles. The minimum Gasteiger partial charge on any atom is -0.375 e. The number of aromatic nitrogens is 2. The number of nitro groups is 1. The summed E-state index contributed by atoms with van der Waals surface area (Å²) in [5.74, 6) is 0.329. The normalized spacial score (nSPS) is 13.8. The second-order valence-electron chi connectivity index (χ2n) is 14.4. The summed E-state index contributed by atoms with van der Waals surface area (Å²) in [5, 5.41) is 16.6. The third kappa shape index (κ3) is 10.3. The fourth-order valence-corrected chi connectivity index (χ4v) is 9.03. The second-order valence-corrected chi connectivity index (χ2v) is 17.6. The molecule has 2 N–H and O–H groups in total. The van der Waals surface area contributed by atoms with Gasteiger partial charge < -0.3 is 15.1 Å². The first-order chi connectivity index (χ1) is 28.4. The quantitative estimate of drug-likeness (QED) is 0.0587. The number of hydrogen-bond acceptors (Lipinski definition) is 11. The van der Waals surface area contributed by atoms with E-state index in [1.54, 1.807) is 20.2 Å². The molecule has 1 fully saturated rings. The molecular weight excluding hydrogens is 808 g/mol. The van der Waals surface area contributed by atoms with Crippen LogP contribution >= 0.6 is 23.4 Å². The first-order valence-corrected chi connectivity index (χ1v) is 21.8. The first-order valence-electron chi connectivity index (χ1n) is 19.0. The number of sulfonamides is 1. The number of fused-ring (bicyclic) bond motifs is 1. The third-order valence-corrected chi connectivity index (χ3v) is 12.9. The van der Waals surface area contributed by atoms with Crippen LogP contribution in [0.2, 0.25) is 5.02 Å². The van der Waals surface area contributed by atoms with E-state index in [4.69, 9.17) is 11.6 Å². The summed E-state index contributed by atoms with van der Waals surface area (Å²) in [7, 11) is -1.04. The van der Waals surface area contributed by atoms with E-state index in [1.165, 1.54) is 46.2 Å². The average molecular weight is 851 g/mol. The summed E-state index contributed by atoms with van der Waals surface area (Å²) in [6.45, 7) is 4.10. The first kappa shape index (κ1) is 41.4. The third-order valence-electron chi connectivity index (χ3n) is 10.1. The minimum atomic E-state index is -4.33. The van der Waals surface area contributed by atoms with Crippen LogP contribution in [0.4, 0.5) is 22.9 Å². The number of halogens is 1. The molecule has 6 aromatic rings. The van der Waals surface area contributed by atoms with Crippen LogP contribution in [0.3, 0.4) is 0 Å². The highest BCUT2D eigenvalue weighted by molar-refractivity contribution is 7.99. The van der Waals surface area contributed by atoms with Crippen LogP contribution in [0, 0.1) is 10.1 Å². The van der Waals surface area contributed by atoms with Crippen molar-refractivity contribution in [2.24, 2.45) is 0 Å². The van der Waals surface area contributed by atoms with Gasteiger partial charge in [0.25, 0.3) is 15.7 Å². The molecule has 16 heteroatoms. The van der Waals surface area contributed by atoms with Gasteiger partial charge in [0.05, 0.1) is 15.3 Å². The summed E-state index contributed by atoms with van der Waals surface area (Å²) in [4.78, 5) is 39.9. The molecule has 1 aliphatic heterocycles. The number of anilines is 3. The van der Waals surface area contributed by atoms with Crippen molar-refractivity contribution >= 4 is 73.1 Å². The van der Waals surface area contributed by atoms with Crippen LogP contribution in [-0.2, 0) is 21.4 Å². The number of nitrogens with one attached hydrogen (secondary N) is 2. The molecular formula is C43H43ClN8O5S2. The Morgan fingerprint density at radius 1 is 0.915 bits per heavy atom. The Morgan fingerprint density at radius 3 is 2.37 bits per heavy atom. The summed E-state index contributed by atoms with van der Waals surface area (Å²) in [5.41, 5.74) is 4.73. The van der Waals surface area contributed by atoms with E-state index in [1.807, 2.05) is 66.7 Å². The highest BCUT2D eigenvalue weighted by Gasteiger charge is 2.26. The number of hydrogen-bond donors (Lipinski definition) is 2. The molecule has 59 heavy (non-hydrogen) atoms. The lowest BCUT2D eigenvalue weighted by Gasteiger charge is -2.36. The lowest BCUT2D eigenvalue weighted by molar-refractivity contribution is -0.384. The molecule has 1 atom stereocenters. The van der Waals surface area contributed by atoms with E-state index >= 15 is 0 Å². The molecule has 1 unspecified atom stereocenters. The molecule has 304 valence electrons. The summed E-state index contributed by atoms with van der Waals surface area (Å²) < 4.78 is 30.0. The maximum absolute atomic E-state index is 13.7. The predicted molar refractivity (Wildman–Crippen MR) is 236 cm³/mol. The van der Waals surface area contributed by atoms with Gasteiger partial charge >= 0.3 is 0 Å². The monoisotopic (exact) mass is 850 g/mol. The van der Waals surface area contributed by atoms with Crippen LogP contribution in [0.5, 0.6) is 0 Å². The zero-order valence-electron chi connectivity index (χ0n) is 32.5. The zero-order valence-corrected chi connectivity index (χ0v) is 34.9. The Balaban J connectivity index is 1.03. The van der Waals surface area contributed by atoms with E-state index in [-0.39, 0.29) is 28.7 Å². The maximum Gasteiger partial charge on any atom is 0.293 e. The largest absolute Gasteiger partial charge is 0.375 e. The van der Waals surface area contributed by atoms with Crippen molar-refractivity contribution in [2.45, 2.75) is 28.8 Å². The van der Waals surface area contributed by atoms with Gasteiger partial charge in [0.1, 0.15) is 12.0 Å². The second kappa shape index (κ2) is 18.5. The number of nitro benzene ring substituents is 1. The molecule has 0 radical (unpaired) electrons. The van der Waals surface area contributed by atoms with Crippen molar-refractivity contribution < 1.29 is 18.1 Å². The van der Waals surface area contributed by atoms with E-state index in [0.29, 0.717) is 21.7 Å². The summed E-state index contributed by atoms with van der Waals surface area (Å²) in [6.07, 6.45) is 1.36. The molecule has 1 amide bonds. The number of thioether (sulfide) groups is 1. The Morgan fingerprint density at radius 2 is 1.64 bits per heavy atom. The number of piperazine rings is 1. The molecule has 0 aliphatic carbocycles. The van der Waals surface area contributed by atoms with Gasteiger partial charge in [-0.2, -0.15) is 0 Å². The molecule has 0 saturated carbocycles. The number of carbonyl (C=O) groups excluding carboxylic acids is 1. The number of carbonyl (C=O) groups is 1. The predicted octanol–water partition coefficient (Wildman–Crippen LogP) is 8.03. The van der Waals surface area contributed by atoms with Gasteiger partial charge in [-0.3, -0.25) is 24.5 Å². The molecule has 13 nitrogen and oxygen atoms in total. The SMILES string of the molecule is CN(C)C(=O)CC(CSc1ccccc1)Nc1ccc(S(=O)(=O)Nc2ncnc3cc(N4CCN(Cc5ccccc5-c5ccc(Cl)cc5)CC4)ccc23)cc1[N+](=O)[O-]. The lowest BCUT2D eigenvalue weighted by Crippen LogP contribution is -2.46. The highest BCUT2D eigenvalue weighted by Crippen LogP contribution is 2.33. The van der Waals surface area contributed by atoms with Crippen LogP contribution in [0.1, 0.15) is 12.0 Å². The smallest absolute Gasteiger partial charge is 0.293 e. The van der Waals surface area contributed by atoms with Crippen molar-refractivity contribution in [3.8, 4) is 11.1 Å². The Bertz CT molecular complexity index is 2560. The fraction of sp³-hybridized carbons (Fsp3) is 0.233. The maximum atomic E-state index is 13.7. The van der Waals surface area contributed by atoms with Crippen LogP contribution in [0.15, 0.2) is 131 Å². The molecule has 0 spiro atoms. The average Bonchev–Trinajstić information content (AvgIpc) is 3.23. The number of rotatable bonds is 15. The topological polar surface area (TPSA) is 154 Å². The number of amides is 1. The number of benzene rings is 5. The van der Waals surface area contributed by atoms with Gasteiger partial charge in [0.15, 0.2) is 5.82 Å². The van der Waals surface area contributed by atoms with Crippen LogP contribution in [-0.4, -0.2) is 91.1 Å². The highest BCUT2D eigenvalue weighted by atomic mass is 35.5. The van der Waals surface area contributed by atoms with Crippen molar-refractivity contribution in [3.63, 3.8) is 0 Å². The van der Waals surface area contributed by atoms with E-state index in [2.05, 4.69) is 54.1 Å². The van der Waals surface area contributed by atoms with Crippen molar-refractivity contribution in [1.29, 1.82) is 0 Å². The van der Waals surface area contributed by atoms with Crippen molar-refractivity contribution in [3.05, 3.63) is 142 Å². The molecule has 1 aliphatic rings. The van der Waals surface area contributed by atoms with Crippen LogP contribution < -0.4 is 14.9 Å². The minimum absolute atomic E-state index is 0.0516. The molecule has 0 bridgehead atoms. The van der Waals surface area contributed by atoms with E-state index < -0.39 is 26.7 Å². The molecule has 1 saturated heterocycles. The van der Waals surface area contributed by atoms with Gasteiger partial charge in [-0.1, -0.05) is 66.2 Å². The summed E-state index contributed by atoms with van der Waals surface area (Å²) in [6, 6.07) is 34.7. The van der Waals surface area contributed by atoms with Gasteiger partial charge in [0, 0.05) is 92.1 Å². The Labute approximate surface area is 352 Å². The van der Waals surface area contributed by atoms with Crippen molar-refractivity contribution in [2.75, 3.05) is 61.0 Å². The Kier molecular flexibility index (Phi) is 13.0. The molecule has 2 heterocycles. The fourth-order valence-electron chi connectivity index (χ4n) is 6.91. The van der Waals surface area contributed by atoms with Gasteiger partial charge in [-0.05, 0) is 71.3 Å². The summed E-state index contributed by atoms with van der Waals surface area (Å²) >= 11 is 7.64. The van der Waals surface area contributed by atoms with Gasteiger partial charge in [-0.15, -0.1) is 11.8 Å². The van der Waals surface area contributed by atoms with E-state index in [9.17, 15) is 23.3 Å². The molecule has 5 aromatic carbocycles. The Hall–Kier alpha value is -5.74. The lowest BCUT2D eigenvalue weighted by atomic mass is 9.99. The van der Waals surface area contributed by atoms with Crippen molar-refractivity contribution in [1.82, 2.24) is 19.8 Å². The molecule has 7 rings (SSSR count). The van der Waals surface area contributed by atoms with Crippen LogP contribution in [0.25, 0.3) is 22.0 Å². The zero-order chi connectivity index (χ0) is 41.5. The van der Waals surface area contributed by atoms with Gasteiger partial charge in [0.2, 0.25) is 5.91 Å². The standard InChI is InChI=1S/C43H43ClN8O5S2/c1-49(2)42(53)24-33(28-58-35-9-4-3-5-10-35)47-39-19-17-36(26-41(39)52(54)55)59(56,57)48-43-38-18-16-34(25-40(38)45-29-46-43)51-22-20-50(21-23-51)27-31-8-6-7-11-37(31)30-12-14-32(44)15-13-30/h3-19,25-26,29,33,47H,20-24,27-28H2,1-2H3,(H,45,46,48).